The van der Waals surface area contributed by atoms with Crippen LogP contribution in [0.3, 0.4) is 0 Å². The molecule has 0 aliphatic rings. The molecule has 14 heavy (non-hydrogen) atoms. The molecule has 3 nitrogen and oxygen atoms in total. The SMILES string of the molecule is Cc1ccc(CN(C)C(C)CCN)o1. The largest absolute Gasteiger partial charge is 0.465 e. The number of nitrogens with zero attached hydrogens (tertiary/aromatic N) is 1. The lowest BCUT2D eigenvalue weighted by molar-refractivity contribution is 0.221. The summed E-state index contributed by atoms with van der Waals surface area (Å²) in [7, 11) is 2.10. The molecule has 0 aliphatic carbocycles. The van der Waals surface area contributed by atoms with E-state index in [4.69, 9.17) is 10.2 Å². The summed E-state index contributed by atoms with van der Waals surface area (Å²) in [5.41, 5.74) is 5.51. The summed E-state index contributed by atoms with van der Waals surface area (Å²) in [6.45, 7) is 5.74. The second-order valence-electron chi connectivity index (χ2n) is 3.85. The zero-order chi connectivity index (χ0) is 10.6. The lowest BCUT2D eigenvalue weighted by Gasteiger charge is -2.22. The van der Waals surface area contributed by atoms with Crippen LogP contribution >= 0.6 is 0 Å². The van der Waals surface area contributed by atoms with Crippen molar-refractivity contribution in [1.82, 2.24) is 4.90 Å². The maximum absolute atomic E-state index is 5.51. The highest BCUT2D eigenvalue weighted by Crippen LogP contribution is 2.11. The molecule has 1 heterocycles. The third-order valence-corrected chi connectivity index (χ3v) is 2.54. The van der Waals surface area contributed by atoms with Gasteiger partial charge < -0.3 is 10.2 Å². The average molecular weight is 196 g/mol. The van der Waals surface area contributed by atoms with Gasteiger partial charge in [-0.15, -0.1) is 0 Å². The molecule has 2 N–H and O–H groups in total. The van der Waals surface area contributed by atoms with Crippen LogP contribution in [-0.2, 0) is 6.54 Å². The van der Waals surface area contributed by atoms with Gasteiger partial charge in [-0.25, -0.2) is 0 Å². The van der Waals surface area contributed by atoms with E-state index < -0.39 is 0 Å². The van der Waals surface area contributed by atoms with Gasteiger partial charge in [0.2, 0.25) is 0 Å². The minimum absolute atomic E-state index is 0.505. The van der Waals surface area contributed by atoms with Crippen molar-refractivity contribution in [3.05, 3.63) is 23.7 Å². The molecule has 0 saturated carbocycles. The molecule has 0 radical (unpaired) electrons. The highest BCUT2D eigenvalue weighted by atomic mass is 16.3. The van der Waals surface area contributed by atoms with Gasteiger partial charge in [-0.2, -0.15) is 0 Å². The Labute approximate surface area is 85.9 Å². The Morgan fingerprint density at radius 3 is 2.71 bits per heavy atom. The Morgan fingerprint density at radius 2 is 2.21 bits per heavy atom. The van der Waals surface area contributed by atoms with Crippen LogP contribution in [0.25, 0.3) is 0 Å². The fourth-order valence-electron chi connectivity index (χ4n) is 1.43. The molecule has 0 spiro atoms. The summed E-state index contributed by atoms with van der Waals surface area (Å²) < 4.78 is 5.51. The summed E-state index contributed by atoms with van der Waals surface area (Å²) in [6.07, 6.45) is 1.02. The lowest BCUT2D eigenvalue weighted by Crippen LogP contribution is -2.30. The van der Waals surface area contributed by atoms with Crippen molar-refractivity contribution in [3.63, 3.8) is 0 Å². The molecule has 0 amide bonds. The van der Waals surface area contributed by atoms with Crippen LogP contribution in [0.1, 0.15) is 24.9 Å². The summed E-state index contributed by atoms with van der Waals surface area (Å²) in [5.74, 6) is 1.99. The van der Waals surface area contributed by atoms with Crippen molar-refractivity contribution in [2.24, 2.45) is 5.73 Å². The van der Waals surface area contributed by atoms with E-state index in [9.17, 15) is 0 Å². The first-order valence-electron chi connectivity index (χ1n) is 5.09. The summed E-state index contributed by atoms with van der Waals surface area (Å²) >= 11 is 0. The molecular weight excluding hydrogens is 176 g/mol. The summed E-state index contributed by atoms with van der Waals surface area (Å²) in [6, 6.07) is 4.53. The third-order valence-electron chi connectivity index (χ3n) is 2.54. The van der Waals surface area contributed by atoms with Crippen LogP contribution in [0.15, 0.2) is 16.5 Å². The predicted octanol–water partition coefficient (Wildman–Crippen LogP) is 1.76. The Bertz CT molecular complexity index is 270. The molecule has 1 unspecified atom stereocenters. The first-order valence-corrected chi connectivity index (χ1v) is 5.09. The van der Waals surface area contributed by atoms with Crippen molar-refractivity contribution in [2.45, 2.75) is 32.9 Å². The molecule has 0 bridgehead atoms. The first-order chi connectivity index (χ1) is 6.63. The molecule has 3 heteroatoms. The van der Waals surface area contributed by atoms with E-state index in [0.717, 1.165) is 31.0 Å². The summed E-state index contributed by atoms with van der Waals surface area (Å²) in [5, 5.41) is 0. The second kappa shape index (κ2) is 5.17. The van der Waals surface area contributed by atoms with E-state index in [2.05, 4.69) is 18.9 Å². The molecule has 80 valence electrons. The molecule has 1 atom stereocenters. The zero-order valence-corrected chi connectivity index (χ0v) is 9.29. The standard InChI is InChI=1S/C11H20N2O/c1-9(6-7-12)13(3)8-11-5-4-10(2)14-11/h4-5,9H,6-8,12H2,1-3H3. The van der Waals surface area contributed by atoms with E-state index in [1.54, 1.807) is 0 Å². The van der Waals surface area contributed by atoms with Gasteiger partial charge in [-0.1, -0.05) is 0 Å². The van der Waals surface area contributed by atoms with Crippen LogP contribution in [0.2, 0.25) is 0 Å². The monoisotopic (exact) mass is 196 g/mol. The smallest absolute Gasteiger partial charge is 0.118 e. The topological polar surface area (TPSA) is 42.4 Å². The van der Waals surface area contributed by atoms with Crippen molar-refractivity contribution in [1.29, 1.82) is 0 Å². The predicted molar refractivity (Wildman–Crippen MR) is 58.0 cm³/mol. The highest BCUT2D eigenvalue weighted by Gasteiger charge is 2.10. The quantitative estimate of drug-likeness (QED) is 0.780. The van der Waals surface area contributed by atoms with Gasteiger partial charge in [-0.3, -0.25) is 4.90 Å². The Kier molecular flexibility index (Phi) is 4.17. The number of rotatable bonds is 5. The normalized spacial score (nSPS) is 13.5. The van der Waals surface area contributed by atoms with Gasteiger partial charge in [0.1, 0.15) is 11.5 Å². The van der Waals surface area contributed by atoms with Gasteiger partial charge in [-0.05, 0) is 46.0 Å². The van der Waals surface area contributed by atoms with E-state index >= 15 is 0 Å². The van der Waals surface area contributed by atoms with Gasteiger partial charge in [0, 0.05) is 6.04 Å². The van der Waals surface area contributed by atoms with Gasteiger partial charge >= 0.3 is 0 Å². The fraction of sp³-hybridized carbons (Fsp3) is 0.636. The van der Waals surface area contributed by atoms with Crippen molar-refractivity contribution in [2.75, 3.05) is 13.6 Å². The Hall–Kier alpha value is -0.800. The molecule has 0 fully saturated rings. The number of hydrogen-bond acceptors (Lipinski definition) is 3. The fourth-order valence-corrected chi connectivity index (χ4v) is 1.43. The van der Waals surface area contributed by atoms with Crippen LogP contribution in [-0.4, -0.2) is 24.5 Å². The minimum Gasteiger partial charge on any atom is -0.465 e. The summed E-state index contributed by atoms with van der Waals surface area (Å²) in [4.78, 5) is 2.26. The van der Waals surface area contributed by atoms with E-state index in [1.165, 1.54) is 0 Å². The Morgan fingerprint density at radius 1 is 1.50 bits per heavy atom. The minimum atomic E-state index is 0.505. The number of nitrogens with two attached hydrogens (primary N) is 1. The molecule has 0 saturated heterocycles. The second-order valence-corrected chi connectivity index (χ2v) is 3.85. The molecule has 0 aliphatic heterocycles. The van der Waals surface area contributed by atoms with Crippen LogP contribution in [0, 0.1) is 6.92 Å². The van der Waals surface area contributed by atoms with E-state index in [0.29, 0.717) is 6.04 Å². The number of hydrogen-bond donors (Lipinski definition) is 1. The molecule has 1 aromatic heterocycles. The van der Waals surface area contributed by atoms with Crippen LogP contribution < -0.4 is 5.73 Å². The molecule has 1 rings (SSSR count). The van der Waals surface area contributed by atoms with E-state index in [1.807, 2.05) is 19.1 Å². The van der Waals surface area contributed by atoms with Crippen LogP contribution in [0.5, 0.6) is 0 Å². The third kappa shape index (κ3) is 3.16. The average Bonchev–Trinajstić information content (AvgIpc) is 2.51. The molecule has 1 aromatic rings. The molecule has 0 aromatic carbocycles. The van der Waals surface area contributed by atoms with Gasteiger partial charge in [0.05, 0.1) is 6.54 Å². The maximum atomic E-state index is 5.51. The van der Waals surface area contributed by atoms with Gasteiger partial charge in [0.25, 0.3) is 0 Å². The lowest BCUT2D eigenvalue weighted by atomic mass is 10.2. The van der Waals surface area contributed by atoms with Crippen molar-refractivity contribution < 1.29 is 4.42 Å². The van der Waals surface area contributed by atoms with Gasteiger partial charge in [0.15, 0.2) is 0 Å². The number of furan rings is 1. The highest BCUT2D eigenvalue weighted by molar-refractivity contribution is 5.05. The Balaban J connectivity index is 2.43. The van der Waals surface area contributed by atoms with E-state index in [-0.39, 0.29) is 0 Å². The number of aryl methyl sites for hydroxylation is 1. The van der Waals surface area contributed by atoms with Crippen molar-refractivity contribution in [3.8, 4) is 0 Å². The first kappa shape index (κ1) is 11.3. The zero-order valence-electron chi connectivity index (χ0n) is 9.29. The maximum Gasteiger partial charge on any atom is 0.118 e. The molecular formula is C11H20N2O. The van der Waals surface area contributed by atoms with Crippen molar-refractivity contribution >= 4 is 0 Å². The van der Waals surface area contributed by atoms with Crippen LogP contribution in [0.4, 0.5) is 0 Å².